The molecule has 0 saturated heterocycles. The molecule has 0 aliphatic heterocycles. The van der Waals surface area contributed by atoms with E-state index in [0.29, 0.717) is 16.9 Å². The van der Waals surface area contributed by atoms with Crippen LogP contribution in [0.4, 0.5) is 5.69 Å². The lowest BCUT2D eigenvalue weighted by atomic mass is 10.2. The molecule has 2 heterocycles. The number of methoxy groups -OCH3 is 1. The third kappa shape index (κ3) is 2.53. The first-order valence-corrected chi connectivity index (χ1v) is 6.04. The molecule has 0 fully saturated rings. The van der Waals surface area contributed by atoms with E-state index >= 15 is 0 Å². The molecule has 2 rings (SSSR count). The van der Waals surface area contributed by atoms with Crippen LogP contribution in [0.3, 0.4) is 0 Å². The fraction of sp³-hybridized carbons (Fsp3) is 0.167. The summed E-state index contributed by atoms with van der Waals surface area (Å²) < 4.78 is 7.41. The number of anilines is 1. The van der Waals surface area contributed by atoms with Gasteiger partial charge < -0.3 is 15.0 Å². The molecule has 0 saturated carbocycles. The molecule has 94 valence electrons. The molecule has 2 aromatic rings. The topological polar surface area (TPSA) is 70.1 Å². The summed E-state index contributed by atoms with van der Waals surface area (Å²) in [6.45, 7) is 0.528. The van der Waals surface area contributed by atoms with Gasteiger partial charge in [0.05, 0.1) is 23.8 Å². The van der Waals surface area contributed by atoms with Crippen LogP contribution in [0.1, 0.15) is 5.56 Å². The predicted molar refractivity (Wildman–Crippen MR) is 72.7 cm³/mol. The molecule has 0 spiro atoms. The molecule has 0 aliphatic rings. The fourth-order valence-electron chi connectivity index (χ4n) is 1.63. The minimum Gasteiger partial charge on any atom is -0.481 e. The van der Waals surface area contributed by atoms with E-state index in [1.165, 1.54) is 0 Å². The zero-order valence-corrected chi connectivity index (χ0v) is 11.3. The van der Waals surface area contributed by atoms with Crippen molar-refractivity contribution < 1.29 is 4.74 Å². The van der Waals surface area contributed by atoms with Crippen LogP contribution in [0.5, 0.6) is 5.88 Å². The minimum atomic E-state index is -0.204. The quantitative estimate of drug-likeness (QED) is 0.936. The molecule has 18 heavy (non-hydrogen) atoms. The molecule has 0 unspecified atom stereocenters. The number of ether oxygens (including phenoxy) is 1. The summed E-state index contributed by atoms with van der Waals surface area (Å²) in [6.07, 6.45) is 4.95. The van der Waals surface area contributed by atoms with Crippen LogP contribution >= 0.6 is 15.9 Å². The lowest BCUT2D eigenvalue weighted by Crippen LogP contribution is -2.14. The predicted octanol–water partition coefficient (Wildman–Crippen LogP) is 1.64. The molecule has 0 amide bonds. The van der Waals surface area contributed by atoms with E-state index in [9.17, 15) is 4.79 Å². The highest BCUT2D eigenvalue weighted by molar-refractivity contribution is 9.10. The van der Waals surface area contributed by atoms with Crippen LogP contribution in [-0.2, 0) is 6.54 Å². The summed E-state index contributed by atoms with van der Waals surface area (Å²) in [4.78, 5) is 15.6. The van der Waals surface area contributed by atoms with Crippen molar-refractivity contribution in [3.05, 3.63) is 51.0 Å². The van der Waals surface area contributed by atoms with Gasteiger partial charge >= 0.3 is 0 Å². The highest BCUT2D eigenvalue weighted by atomic mass is 79.9. The molecule has 2 aromatic heterocycles. The summed E-state index contributed by atoms with van der Waals surface area (Å²) in [5.74, 6) is 0.561. The number of aromatic nitrogens is 2. The molecular weight excluding hydrogens is 298 g/mol. The van der Waals surface area contributed by atoms with Crippen molar-refractivity contribution in [3.63, 3.8) is 0 Å². The lowest BCUT2D eigenvalue weighted by Gasteiger charge is -2.10. The highest BCUT2D eigenvalue weighted by Gasteiger charge is 2.06. The molecule has 5 nitrogen and oxygen atoms in total. The Balaban J connectivity index is 2.37. The largest absolute Gasteiger partial charge is 0.481 e. The van der Waals surface area contributed by atoms with E-state index in [0.717, 1.165) is 5.56 Å². The van der Waals surface area contributed by atoms with E-state index in [2.05, 4.69) is 20.9 Å². The number of nitrogen functional groups attached to an aromatic ring is 1. The number of rotatable bonds is 3. The number of hydrogen-bond donors (Lipinski definition) is 1. The van der Waals surface area contributed by atoms with Crippen LogP contribution in [0, 0.1) is 0 Å². The summed E-state index contributed by atoms with van der Waals surface area (Å²) in [5.41, 5.74) is 6.54. The van der Waals surface area contributed by atoms with Gasteiger partial charge in [-0.3, -0.25) is 4.79 Å². The average molecular weight is 310 g/mol. The van der Waals surface area contributed by atoms with Crippen LogP contribution in [0.15, 0.2) is 40.0 Å². The van der Waals surface area contributed by atoms with Crippen molar-refractivity contribution in [2.75, 3.05) is 12.8 Å². The Morgan fingerprint density at radius 2 is 2.28 bits per heavy atom. The third-order valence-corrected chi connectivity index (χ3v) is 3.02. The molecule has 0 bridgehead atoms. The van der Waals surface area contributed by atoms with Crippen molar-refractivity contribution in [3.8, 4) is 5.88 Å². The molecule has 0 radical (unpaired) electrons. The first-order valence-electron chi connectivity index (χ1n) is 5.24. The van der Waals surface area contributed by atoms with Gasteiger partial charge in [-0.25, -0.2) is 4.98 Å². The highest BCUT2D eigenvalue weighted by Crippen LogP contribution is 2.16. The second-order valence-corrected chi connectivity index (χ2v) is 4.59. The van der Waals surface area contributed by atoms with Crippen molar-refractivity contribution in [2.45, 2.75) is 6.54 Å². The van der Waals surface area contributed by atoms with Crippen molar-refractivity contribution >= 4 is 21.6 Å². The zero-order valence-electron chi connectivity index (χ0n) is 9.76. The molecule has 0 atom stereocenters. The van der Waals surface area contributed by atoms with Gasteiger partial charge in [0, 0.05) is 24.2 Å². The second-order valence-electron chi connectivity index (χ2n) is 3.73. The first kappa shape index (κ1) is 12.6. The first-order chi connectivity index (χ1) is 8.61. The van der Waals surface area contributed by atoms with Gasteiger partial charge in [-0.2, -0.15) is 0 Å². The zero-order chi connectivity index (χ0) is 13.1. The van der Waals surface area contributed by atoms with E-state index < -0.39 is 0 Å². The maximum atomic E-state index is 11.5. The summed E-state index contributed by atoms with van der Waals surface area (Å²) in [7, 11) is 1.57. The Hall–Kier alpha value is -1.82. The molecule has 0 aromatic carbocycles. The van der Waals surface area contributed by atoms with Gasteiger partial charge in [-0.05, 0) is 22.0 Å². The smallest absolute Gasteiger partial charge is 0.218 e. The van der Waals surface area contributed by atoms with Crippen LogP contribution < -0.4 is 15.9 Å². The second kappa shape index (κ2) is 5.22. The Morgan fingerprint density at radius 1 is 1.50 bits per heavy atom. The van der Waals surface area contributed by atoms with Crippen LogP contribution in [0.2, 0.25) is 0 Å². The van der Waals surface area contributed by atoms with Gasteiger partial charge in [0.25, 0.3) is 0 Å². The maximum Gasteiger partial charge on any atom is 0.218 e. The Bertz CT molecular complexity index is 599. The van der Waals surface area contributed by atoms with Gasteiger partial charge in [0.15, 0.2) is 0 Å². The minimum absolute atomic E-state index is 0.201. The summed E-state index contributed by atoms with van der Waals surface area (Å²) >= 11 is 3.19. The number of nitrogens with zero attached hydrogens (tertiary/aromatic N) is 2. The molecule has 0 aliphatic carbocycles. The Kier molecular flexibility index (Phi) is 3.66. The number of pyridine rings is 2. The fourth-order valence-corrected chi connectivity index (χ4v) is 2.12. The number of hydrogen-bond acceptors (Lipinski definition) is 4. The summed E-state index contributed by atoms with van der Waals surface area (Å²) in [6, 6.07) is 3.74. The third-order valence-electron chi connectivity index (χ3n) is 2.46. The van der Waals surface area contributed by atoms with Crippen molar-refractivity contribution in [1.82, 2.24) is 9.55 Å². The van der Waals surface area contributed by atoms with Crippen molar-refractivity contribution in [1.29, 1.82) is 0 Å². The van der Waals surface area contributed by atoms with Gasteiger partial charge in [-0.1, -0.05) is 6.07 Å². The molecule has 6 heteroatoms. The van der Waals surface area contributed by atoms with Gasteiger partial charge in [0.2, 0.25) is 11.3 Å². The lowest BCUT2D eigenvalue weighted by molar-refractivity contribution is 0.391. The van der Waals surface area contributed by atoms with E-state index in [4.69, 9.17) is 10.5 Å². The monoisotopic (exact) mass is 309 g/mol. The van der Waals surface area contributed by atoms with E-state index in [1.54, 1.807) is 30.3 Å². The van der Waals surface area contributed by atoms with Crippen LogP contribution in [0.25, 0.3) is 0 Å². The average Bonchev–Trinajstić information content (AvgIpc) is 2.36. The Labute approximate surface area is 112 Å². The Morgan fingerprint density at radius 3 is 2.94 bits per heavy atom. The number of halogens is 1. The number of nitrogens with two attached hydrogens (primary N) is 1. The van der Waals surface area contributed by atoms with Gasteiger partial charge in [-0.15, -0.1) is 0 Å². The van der Waals surface area contributed by atoms with Crippen LogP contribution in [-0.4, -0.2) is 16.7 Å². The summed E-state index contributed by atoms with van der Waals surface area (Å²) in [5, 5.41) is 0. The normalized spacial score (nSPS) is 10.3. The van der Waals surface area contributed by atoms with E-state index in [-0.39, 0.29) is 11.1 Å². The van der Waals surface area contributed by atoms with Gasteiger partial charge in [0.1, 0.15) is 0 Å². The molecular formula is C12H12BrN3O2. The standard InChI is InChI=1S/C12H12BrN3O2/c1-18-12-8(3-2-4-15-12)5-16-6-9(13)11(17)10(14)7-16/h2-4,6-7H,5,14H2,1H3. The van der Waals surface area contributed by atoms with Crippen molar-refractivity contribution in [2.24, 2.45) is 0 Å². The SMILES string of the molecule is COc1ncccc1Cn1cc(N)c(=O)c(Br)c1. The molecule has 2 N–H and O–H groups in total. The maximum absolute atomic E-state index is 11.5. The van der Waals surface area contributed by atoms with E-state index in [1.807, 2.05) is 12.1 Å².